The number of hydrogen-bond donors (Lipinski definition) is 1. The zero-order valence-electron chi connectivity index (χ0n) is 17.3. The van der Waals surface area contributed by atoms with Gasteiger partial charge in [-0.05, 0) is 81.1 Å². The predicted molar refractivity (Wildman–Crippen MR) is 119 cm³/mol. The van der Waals surface area contributed by atoms with Crippen LogP contribution >= 0.6 is 11.8 Å². The predicted octanol–water partition coefficient (Wildman–Crippen LogP) is 4.59. The van der Waals surface area contributed by atoms with Crippen LogP contribution < -0.4 is 10.9 Å². The van der Waals surface area contributed by atoms with Crippen LogP contribution in [0.15, 0.2) is 58.4 Å². The van der Waals surface area contributed by atoms with Gasteiger partial charge in [0.25, 0.3) is 5.56 Å². The van der Waals surface area contributed by atoms with E-state index in [1.807, 2.05) is 71.0 Å². The van der Waals surface area contributed by atoms with E-state index in [0.29, 0.717) is 10.7 Å². The van der Waals surface area contributed by atoms with Crippen molar-refractivity contribution < 1.29 is 4.79 Å². The van der Waals surface area contributed by atoms with E-state index in [4.69, 9.17) is 0 Å². The summed E-state index contributed by atoms with van der Waals surface area (Å²) in [6.45, 7) is 9.82. The highest BCUT2D eigenvalue weighted by Gasteiger charge is 2.17. The molecule has 6 heteroatoms. The second-order valence-electron chi connectivity index (χ2n) is 7.26. The number of nitrogens with one attached hydrogen (secondary N) is 1. The molecule has 2 aromatic carbocycles. The fraction of sp³-hybridized carbons (Fsp3) is 0.261. The first kappa shape index (κ1) is 20.9. The van der Waals surface area contributed by atoms with Gasteiger partial charge < -0.3 is 5.32 Å². The van der Waals surface area contributed by atoms with Gasteiger partial charge in [0.15, 0.2) is 0 Å². The van der Waals surface area contributed by atoms with Gasteiger partial charge in [0.05, 0.1) is 10.9 Å². The summed E-state index contributed by atoms with van der Waals surface area (Å²) in [7, 11) is 0. The van der Waals surface area contributed by atoms with Crippen molar-refractivity contribution >= 4 is 23.4 Å². The van der Waals surface area contributed by atoms with Crippen molar-refractivity contribution in [1.82, 2.24) is 9.78 Å². The third kappa shape index (κ3) is 4.95. The molecule has 0 aliphatic heterocycles. The summed E-state index contributed by atoms with van der Waals surface area (Å²) in [5.74, 6) is -0.102. The molecule has 0 saturated carbocycles. The highest BCUT2D eigenvalue weighted by molar-refractivity contribution is 8.00. The number of aryl methyl sites for hydroxylation is 4. The number of carbonyl (C=O) groups is 1. The second kappa shape index (κ2) is 8.66. The van der Waals surface area contributed by atoms with Crippen LogP contribution in [0.4, 0.5) is 5.69 Å². The van der Waals surface area contributed by atoms with Gasteiger partial charge in [0, 0.05) is 11.8 Å². The number of amides is 1. The van der Waals surface area contributed by atoms with Crippen LogP contribution in [0.25, 0.3) is 5.69 Å². The first-order chi connectivity index (χ1) is 13.7. The Balaban J connectivity index is 1.79. The first-order valence-electron chi connectivity index (χ1n) is 9.47. The van der Waals surface area contributed by atoms with Crippen LogP contribution in [0.2, 0.25) is 0 Å². The summed E-state index contributed by atoms with van der Waals surface area (Å²) in [4.78, 5) is 25.0. The van der Waals surface area contributed by atoms with Crippen LogP contribution in [0.3, 0.4) is 0 Å². The number of benzene rings is 2. The molecule has 5 nitrogen and oxygen atoms in total. The smallest absolute Gasteiger partial charge is 0.271 e. The molecule has 29 heavy (non-hydrogen) atoms. The minimum absolute atomic E-state index is 0.102. The molecule has 0 aliphatic rings. The van der Waals surface area contributed by atoms with Crippen molar-refractivity contribution in [2.24, 2.45) is 0 Å². The molecule has 0 bridgehead atoms. The van der Waals surface area contributed by atoms with Crippen molar-refractivity contribution in [1.29, 1.82) is 0 Å². The molecule has 0 spiro atoms. The quantitative estimate of drug-likeness (QED) is 0.629. The van der Waals surface area contributed by atoms with Gasteiger partial charge in [-0.3, -0.25) is 9.59 Å². The van der Waals surface area contributed by atoms with E-state index in [1.54, 1.807) is 6.07 Å². The summed E-state index contributed by atoms with van der Waals surface area (Å²) in [6.07, 6.45) is 0. The van der Waals surface area contributed by atoms with Crippen LogP contribution in [-0.4, -0.2) is 20.9 Å². The molecular weight excluding hydrogens is 382 g/mol. The Morgan fingerprint density at radius 3 is 2.41 bits per heavy atom. The lowest BCUT2D eigenvalue weighted by atomic mass is 10.1. The average molecular weight is 408 g/mol. The van der Waals surface area contributed by atoms with Crippen molar-refractivity contribution in [2.75, 3.05) is 5.32 Å². The van der Waals surface area contributed by atoms with E-state index < -0.39 is 0 Å². The Labute approximate surface area is 175 Å². The molecule has 0 aliphatic carbocycles. The van der Waals surface area contributed by atoms with E-state index >= 15 is 0 Å². The lowest BCUT2D eigenvalue weighted by molar-refractivity contribution is -0.115. The Bertz CT molecular complexity index is 1120. The van der Waals surface area contributed by atoms with Crippen molar-refractivity contribution in [3.05, 3.63) is 81.1 Å². The van der Waals surface area contributed by atoms with Gasteiger partial charge in [0.2, 0.25) is 5.91 Å². The molecule has 1 aromatic heterocycles. The molecular formula is C23H25N3O2S. The fourth-order valence-corrected chi connectivity index (χ4v) is 3.64. The maximum atomic E-state index is 12.7. The van der Waals surface area contributed by atoms with Gasteiger partial charge in [-0.25, -0.2) is 0 Å². The van der Waals surface area contributed by atoms with Crippen molar-refractivity contribution in [2.45, 2.75) is 44.9 Å². The summed E-state index contributed by atoms with van der Waals surface area (Å²) in [5.41, 5.74) is 5.68. The highest BCUT2D eigenvalue weighted by atomic mass is 32.2. The minimum atomic E-state index is -0.367. The second-order valence-corrected chi connectivity index (χ2v) is 8.62. The van der Waals surface area contributed by atoms with Gasteiger partial charge in [0.1, 0.15) is 5.03 Å². The number of hydrogen-bond acceptors (Lipinski definition) is 4. The molecule has 1 heterocycles. The maximum Gasteiger partial charge on any atom is 0.271 e. The number of aromatic nitrogens is 2. The van der Waals surface area contributed by atoms with Crippen LogP contribution in [0, 0.1) is 27.7 Å². The normalized spacial score (nSPS) is 11.9. The standard InChI is InChI=1S/C23H25N3O2S/c1-14-6-7-16(3)20(12-14)24-23(28)18(5)29-21-10-11-22(27)26(25-21)19-9-8-15(2)17(4)13-19/h6-13,18H,1-5H3,(H,24,28)/t18-/m1/s1. The maximum absolute atomic E-state index is 12.7. The number of anilines is 1. The molecule has 1 amide bonds. The van der Waals surface area contributed by atoms with Gasteiger partial charge in [-0.1, -0.05) is 30.0 Å². The Hall–Kier alpha value is -2.86. The van der Waals surface area contributed by atoms with E-state index in [0.717, 1.165) is 27.9 Å². The van der Waals surface area contributed by atoms with Gasteiger partial charge in [-0.15, -0.1) is 0 Å². The summed E-state index contributed by atoms with van der Waals surface area (Å²) in [5, 5.41) is 7.70. The molecule has 3 rings (SSSR count). The van der Waals surface area contributed by atoms with E-state index in [2.05, 4.69) is 10.4 Å². The van der Waals surface area contributed by atoms with Crippen LogP contribution in [0.5, 0.6) is 0 Å². The molecule has 3 aromatic rings. The largest absolute Gasteiger partial charge is 0.325 e. The number of rotatable bonds is 5. The molecule has 0 unspecified atom stereocenters. The monoisotopic (exact) mass is 407 g/mol. The van der Waals surface area contributed by atoms with Crippen LogP contribution in [-0.2, 0) is 4.79 Å². The van der Waals surface area contributed by atoms with Gasteiger partial charge >= 0.3 is 0 Å². The zero-order valence-corrected chi connectivity index (χ0v) is 18.1. The average Bonchev–Trinajstić information content (AvgIpc) is 2.68. The van der Waals surface area contributed by atoms with E-state index in [-0.39, 0.29) is 16.7 Å². The third-order valence-electron chi connectivity index (χ3n) is 4.83. The van der Waals surface area contributed by atoms with E-state index in [9.17, 15) is 9.59 Å². The van der Waals surface area contributed by atoms with Crippen LogP contribution in [0.1, 0.15) is 29.2 Å². The first-order valence-corrected chi connectivity index (χ1v) is 10.4. The molecule has 0 radical (unpaired) electrons. The molecule has 0 saturated heterocycles. The van der Waals surface area contributed by atoms with E-state index in [1.165, 1.54) is 22.5 Å². The number of carbonyl (C=O) groups excluding carboxylic acids is 1. The Morgan fingerprint density at radius 2 is 1.69 bits per heavy atom. The molecule has 0 fully saturated rings. The SMILES string of the molecule is Cc1ccc(C)c(NC(=O)[C@@H](C)Sc2ccc(=O)n(-c3ccc(C)c(C)c3)n2)c1. The van der Waals surface area contributed by atoms with Crippen molar-refractivity contribution in [3.63, 3.8) is 0 Å². The lowest BCUT2D eigenvalue weighted by Crippen LogP contribution is -2.24. The molecule has 1 atom stereocenters. The fourth-order valence-electron chi connectivity index (χ4n) is 2.84. The third-order valence-corrected chi connectivity index (χ3v) is 5.86. The summed E-state index contributed by atoms with van der Waals surface area (Å²) >= 11 is 1.32. The summed E-state index contributed by atoms with van der Waals surface area (Å²) < 4.78 is 1.38. The van der Waals surface area contributed by atoms with Gasteiger partial charge in [-0.2, -0.15) is 9.78 Å². The number of nitrogens with zero attached hydrogens (tertiary/aromatic N) is 2. The Kier molecular flexibility index (Phi) is 6.23. The lowest BCUT2D eigenvalue weighted by Gasteiger charge is -2.14. The molecule has 150 valence electrons. The molecule has 1 N–H and O–H groups in total. The summed E-state index contributed by atoms with van der Waals surface area (Å²) in [6, 6.07) is 14.9. The zero-order chi connectivity index (χ0) is 21.1. The Morgan fingerprint density at radius 1 is 0.966 bits per heavy atom. The highest BCUT2D eigenvalue weighted by Crippen LogP contribution is 2.23. The number of thioether (sulfide) groups is 1. The minimum Gasteiger partial charge on any atom is -0.325 e. The topological polar surface area (TPSA) is 64.0 Å². The van der Waals surface area contributed by atoms with Crippen molar-refractivity contribution in [3.8, 4) is 5.69 Å².